The first-order chi connectivity index (χ1) is 56.0. The smallest absolute Gasteiger partial charge is 0.199 e. The molecule has 21 nitrogen and oxygen atoms in total. The minimum Gasteiger partial charge on any atom is -0.448 e. The number of fused-ring (bicyclic) bond motifs is 2. The highest BCUT2D eigenvalue weighted by Crippen LogP contribution is 2.31. The van der Waals surface area contributed by atoms with Gasteiger partial charge in [0.05, 0.1) is 33.3 Å². The highest BCUT2D eigenvalue weighted by molar-refractivity contribution is 7.10. The van der Waals surface area contributed by atoms with Crippen LogP contribution in [0.5, 0.6) is 0 Å². The van der Waals surface area contributed by atoms with Crippen LogP contribution in [0.2, 0.25) is 0 Å². The third-order valence-corrected chi connectivity index (χ3v) is 19.4. The Kier molecular flexibility index (Phi) is 40.6. The summed E-state index contributed by atoms with van der Waals surface area (Å²) in [5.41, 5.74) is 10.7. The molecular weight excluding hydrogens is 1550 g/mol. The summed E-state index contributed by atoms with van der Waals surface area (Å²) in [5.74, 6) is 4.61. The first-order valence-electron chi connectivity index (χ1n) is 42.0. The van der Waals surface area contributed by atoms with E-state index >= 15 is 0 Å². The van der Waals surface area contributed by atoms with E-state index in [4.69, 9.17) is 4.42 Å². The van der Waals surface area contributed by atoms with Crippen LogP contribution in [-0.4, -0.2) is 100 Å². The van der Waals surface area contributed by atoms with Crippen LogP contribution in [0.25, 0.3) is 11.7 Å². The molecule has 0 aromatic carbocycles. The summed E-state index contributed by atoms with van der Waals surface area (Å²) in [6, 6.07) is 22.0. The number of oxazole rings is 1. The Hall–Kier alpha value is -9.87. The van der Waals surface area contributed by atoms with Crippen molar-refractivity contribution in [2.75, 3.05) is 0 Å². The maximum atomic E-state index is 5.09. The molecule has 1 aliphatic carbocycles. The molecule has 0 radical (unpaired) electrons. The maximum absolute atomic E-state index is 5.09. The molecule has 23 heteroatoms. The Bertz CT molecular complexity index is 4580. The molecule has 0 saturated carbocycles. The number of nitrogens with zero attached hydrogens (tertiary/aromatic N) is 20. The first kappa shape index (κ1) is 106. The number of rotatable bonds is 0. The van der Waals surface area contributed by atoms with Gasteiger partial charge in [0.15, 0.2) is 23.2 Å². The van der Waals surface area contributed by atoms with E-state index in [0.717, 1.165) is 70.5 Å². The van der Waals surface area contributed by atoms with Gasteiger partial charge in [0, 0.05) is 194 Å². The van der Waals surface area contributed by atoms with Gasteiger partial charge in [-0.3, -0.25) is 29.6 Å². The normalized spacial score (nSPS) is 12.6. The SMILES string of the molecule is CC(C)(C)C1=CCC=N1.CC(C)(C)c1ccc2c(n1)C=CC2.CC(C)(C)c1ccccn1.CC(C)(C)c1cccnn1.CC(C)(C)c1cnccn1.CC(C)(C)c1nc2ccccn2n1.CC(C)(C)c1ncccn1.CC(C)(C)c1ncco1.CC(C)(C)c1nccs1.CC(C)(C)c1nccs1.Cn1ccnc1C(C)(C)C.Cn1cnc(C(C)(C)C)n1. The molecule has 0 N–H and O–H groups in total. The molecule has 0 amide bonds. The molecule has 1 aliphatic heterocycles. The number of allylic oxidation sites excluding steroid dienone is 3. The van der Waals surface area contributed by atoms with Gasteiger partial charge in [-0.15, -0.1) is 22.7 Å². The van der Waals surface area contributed by atoms with E-state index in [-0.39, 0.29) is 65.0 Å². The lowest BCUT2D eigenvalue weighted by Gasteiger charge is -2.18. The summed E-state index contributed by atoms with van der Waals surface area (Å²) in [7, 11) is 3.90. The van der Waals surface area contributed by atoms with E-state index in [0.29, 0.717) is 0 Å². The highest BCUT2D eigenvalue weighted by atomic mass is 32.1. The molecule has 0 bridgehead atoms. The van der Waals surface area contributed by atoms with Gasteiger partial charge in [0.1, 0.15) is 24.2 Å². The number of aryl methyl sites for hydroxylation is 2. The van der Waals surface area contributed by atoms with E-state index in [2.05, 4.69) is 375 Å². The van der Waals surface area contributed by atoms with Gasteiger partial charge in [-0.2, -0.15) is 20.4 Å². The maximum Gasteiger partial charge on any atom is 0.199 e. The number of pyridine rings is 3. The standard InChI is InChI=1S/C12H15N.C10H13N3.C9H13N.C8H14N2.3C8H12N2.C8H13N.C7H13N3.C7H11NO.2C7H11NS/c1-12(2,3)11-8-7-9-5-4-6-10(9)13-11;1-10(2,3)9-11-8-6-4-5-7-13(8)12-9;1-9(2,3)8-6-4-5-7-10-8;1-8(2,3)7-9-5-6-10(7)4;1-8(2,3)7-6-9-4-5-10-7;1-8(2,3)7-9-5-4-6-10-7;1-8(2,3)7-5-4-6-9-10-7;1-8(2,3)7-5-4-6-9-7;1-7(2,3)6-8-5-10(4)9-6;3*1-7(2,3)6-8-4-5-9-6/h4,6-8H,5H2,1-3H3;4-7H,1-3H3;4-7H,1-3H3;5-6H,1-4H3;3*4-6H,1-3H3;5-6H,4H2,1-3H3;5H,1-4H3;3*4-5H,1-3H3. The van der Waals surface area contributed by atoms with Crippen molar-refractivity contribution in [3.05, 3.63) is 262 Å². The summed E-state index contributed by atoms with van der Waals surface area (Å²) in [5, 5.41) is 22.8. The fraction of sp³-hybridized carbons (Fsp3) is 0.525. The van der Waals surface area contributed by atoms with Crippen molar-refractivity contribution in [1.29, 1.82) is 0 Å². The Morgan fingerprint density at radius 3 is 1.25 bits per heavy atom. The molecule has 2 aliphatic rings. The van der Waals surface area contributed by atoms with Crippen molar-refractivity contribution in [3.63, 3.8) is 0 Å². The van der Waals surface area contributed by atoms with Gasteiger partial charge in [-0.1, -0.05) is 280 Å². The Labute approximate surface area is 742 Å². The quantitative estimate of drug-likeness (QED) is 0.137. The fourth-order valence-electron chi connectivity index (χ4n) is 9.99. The van der Waals surface area contributed by atoms with Crippen LogP contribution >= 0.6 is 22.7 Å². The molecule has 122 heavy (non-hydrogen) atoms. The summed E-state index contributed by atoms with van der Waals surface area (Å²) >= 11 is 3.44. The molecular formula is C99H150N20OS2. The van der Waals surface area contributed by atoms with Gasteiger partial charge < -0.3 is 8.98 Å². The lowest BCUT2D eigenvalue weighted by molar-refractivity contribution is 0.392. The van der Waals surface area contributed by atoms with Gasteiger partial charge in [0.2, 0.25) is 0 Å². The molecule has 13 heterocycles. The summed E-state index contributed by atoms with van der Waals surface area (Å²) < 4.78 is 10.7. The zero-order valence-corrected chi connectivity index (χ0v) is 83.2. The Morgan fingerprint density at radius 2 is 0.934 bits per heavy atom. The molecule has 12 aromatic heterocycles. The Morgan fingerprint density at radius 1 is 0.385 bits per heavy atom. The second-order valence-corrected chi connectivity index (χ2v) is 43.8. The molecule has 0 saturated heterocycles. The third-order valence-electron chi connectivity index (χ3n) is 17.0. The summed E-state index contributed by atoms with van der Waals surface area (Å²) in [6.07, 6.45) is 37.2. The van der Waals surface area contributed by atoms with Gasteiger partial charge in [-0.25, -0.2) is 44.4 Å². The van der Waals surface area contributed by atoms with Crippen molar-refractivity contribution >= 4 is 40.6 Å². The predicted octanol–water partition coefficient (Wildman–Crippen LogP) is 24.8. The fourth-order valence-corrected chi connectivity index (χ4v) is 11.4. The second kappa shape index (κ2) is 46.6. The van der Waals surface area contributed by atoms with Crippen molar-refractivity contribution in [2.45, 2.75) is 322 Å². The number of thiazole rings is 2. The molecule has 12 aromatic rings. The zero-order chi connectivity index (χ0) is 92.6. The second-order valence-electron chi connectivity index (χ2n) is 42.0. The van der Waals surface area contributed by atoms with E-state index in [1.165, 1.54) is 27.0 Å². The number of hydrogen-bond donors (Lipinski definition) is 0. The highest BCUT2D eigenvalue weighted by Gasteiger charge is 2.25. The molecule has 664 valence electrons. The third kappa shape index (κ3) is 40.9. The lowest BCUT2D eigenvalue weighted by Crippen LogP contribution is -2.16. The lowest BCUT2D eigenvalue weighted by atomic mass is 9.91. The summed E-state index contributed by atoms with van der Waals surface area (Å²) in [6.45, 7) is 77.0. The molecule has 14 rings (SSSR count). The largest absolute Gasteiger partial charge is 0.448 e. The number of hydrogen-bond acceptors (Lipinski definition) is 20. The number of imidazole rings is 1. The average molecular weight is 1700 g/mol. The van der Waals surface area contributed by atoms with E-state index in [1.54, 1.807) is 87.8 Å². The van der Waals surface area contributed by atoms with Gasteiger partial charge in [0.25, 0.3) is 0 Å². The summed E-state index contributed by atoms with van der Waals surface area (Å²) in [4.78, 5) is 54.8. The topological polar surface area (TPSA) is 246 Å². The zero-order valence-electron chi connectivity index (χ0n) is 81.6. The van der Waals surface area contributed by atoms with Crippen LogP contribution in [0, 0.1) is 5.41 Å². The minimum atomic E-state index is 0.0199. The van der Waals surface area contributed by atoms with Crippen LogP contribution in [0.1, 0.15) is 329 Å². The van der Waals surface area contributed by atoms with E-state index < -0.39 is 0 Å². The van der Waals surface area contributed by atoms with Gasteiger partial charge >= 0.3 is 0 Å². The number of aromatic nitrogens is 19. The van der Waals surface area contributed by atoms with Crippen LogP contribution < -0.4 is 0 Å². The van der Waals surface area contributed by atoms with E-state index in [1.807, 2.05) is 117 Å². The van der Waals surface area contributed by atoms with Crippen molar-refractivity contribution < 1.29 is 4.42 Å². The number of aliphatic imine (C=N–C) groups is 1. The monoisotopic (exact) mass is 1700 g/mol. The van der Waals surface area contributed by atoms with Crippen molar-refractivity contribution in [1.82, 2.24) is 94.0 Å². The first-order valence-corrected chi connectivity index (χ1v) is 43.8. The average Bonchev–Trinajstić information content (AvgIpc) is 1.66. The molecule has 0 spiro atoms. The molecule has 0 unspecified atom stereocenters. The van der Waals surface area contributed by atoms with Gasteiger partial charge in [-0.05, 0) is 66.6 Å². The molecule has 0 fully saturated rings. The van der Waals surface area contributed by atoms with Crippen LogP contribution in [-0.2, 0) is 80.1 Å². The molecule has 0 atom stereocenters. The minimum absolute atomic E-state index is 0.0199. The van der Waals surface area contributed by atoms with Crippen molar-refractivity contribution in [3.8, 4) is 0 Å². The van der Waals surface area contributed by atoms with Crippen LogP contribution in [0.4, 0.5) is 0 Å². The Balaban J connectivity index is 0.000000344. The predicted molar refractivity (Wildman–Crippen MR) is 512 cm³/mol. The van der Waals surface area contributed by atoms with E-state index in [9.17, 15) is 0 Å². The van der Waals surface area contributed by atoms with Crippen LogP contribution in [0.15, 0.2) is 198 Å². The van der Waals surface area contributed by atoms with Crippen LogP contribution in [0.3, 0.4) is 0 Å². The van der Waals surface area contributed by atoms with Crippen molar-refractivity contribution in [2.24, 2.45) is 24.5 Å².